The van der Waals surface area contributed by atoms with E-state index in [-0.39, 0.29) is 23.9 Å². The summed E-state index contributed by atoms with van der Waals surface area (Å²) < 4.78 is 38.7. The van der Waals surface area contributed by atoms with Crippen LogP contribution >= 0.6 is 22.7 Å². The van der Waals surface area contributed by atoms with Gasteiger partial charge in [-0.05, 0) is 30.5 Å². The van der Waals surface area contributed by atoms with Crippen molar-refractivity contribution in [3.63, 3.8) is 0 Å². The Morgan fingerprint density at radius 3 is 2.53 bits per heavy atom. The molecule has 0 spiro atoms. The number of hydrogen-bond donors (Lipinski definition) is 0. The van der Waals surface area contributed by atoms with E-state index in [1.165, 1.54) is 27.8 Å². The van der Waals surface area contributed by atoms with Gasteiger partial charge in [-0.2, -0.15) is 4.31 Å². The summed E-state index contributed by atoms with van der Waals surface area (Å²) >= 11 is 2.97. The lowest BCUT2D eigenvalue weighted by Crippen LogP contribution is -2.50. The molecule has 1 fully saturated rings. The molecule has 1 saturated heterocycles. The number of carbonyl (C=O) groups excluding carboxylic acids is 1. The molecule has 2 aliphatic heterocycles. The van der Waals surface area contributed by atoms with Crippen molar-refractivity contribution < 1.29 is 22.7 Å². The van der Waals surface area contributed by atoms with E-state index in [0.717, 1.165) is 9.88 Å². The molecule has 0 radical (unpaired) electrons. The summed E-state index contributed by atoms with van der Waals surface area (Å²) in [7, 11) is -3.69. The first-order valence-corrected chi connectivity index (χ1v) is 13.3. The van der Waals surface area contributed by atoms with Crippen LogP contribution in [0.15, 0.2) is 40.6 Å². The maximum Gasteiger partial charge on any atom is 0.265 e. The van der Waals surface area contributed by atoms with Crippen LogP contribution in [0.5, 0.6) is 11.5 Å². The number of thiophene rings is 1. The van der Waals surface area contributed by atoms with Gasteiger partial charge < -0.3 is 14.4 Å². The van der Waals surface area contributed by atoms with Gasteiger partial charge >= 0.3 is 0 Å². The first-order chi connectivity index (χ1) is 15.4. The van der Waals surface area contributed by atoms with Crippen LogP contribution in [-0.2, 0) is 10.0 Å². The number of benzene rings is 1. The van der Waals surface area contributed by atoms with E-state index in [0.29, 0.717) is 48.4 Å². The highest BCUT2D eigenvalue weighted by atomic mass is 32.2. The van der Waals surface area contributed by atoms with Crippen molar-refractivity contribution in [1.82, 2.24) is 14.2 Å². The maximum atomic E-state index is 13.1. The molecule has 8 nitrogen and oxygen atoms in total. The third-order valence-corrected chi connectivity index (χ3v) is 9.48. The summed E-state index contributed by atoms with van der Waals surface area (Å²) in [5.41, 5.74) is 0.703. The Morgan fingerprint density at radius 1 is 1.06 bits per heavy atom. The number of fused-ring (bicyclic) bond motifs is 1. The van der Waals surface area contributed by atoms with Gasteiger partial charge in [0, 0.05) is 32.2 Å². The number of aryl methyl sites for hydroxylation is 1. The van der Waals surface area contributed by atoms with E-state index in [1.807, 2.05) is 24.4 Å². The number of sulfonamides is 1. The first-order valence-electron chi connectivity index (χ1n) is 10.1. The number of amides is 1. The first kappa shape index (κ1) is 21.4. The molecule has 0 bridgehead atoms. The molecule has 0 unspecified atom stereocenters. The fourth-order valence-corrected chi connectivity index (χ4v) is 6.98. The van der Waals surface area contributed by atoms with Gasteiger partial charge in [0.2, 0.25) is 10.0 Å². The maximum absolute atomic E-state index is 13.1. The molecule has 0 atom stereocenters. The summed E-state index contributed by atoms with van der Waals surface area (Å²) in [5, 5.41) is 2.82. The second-order valence-corrected chi connectivity index (χ2v) is 11.3. The van der Waals surface area contributed by atoms with E-state index in [4.69, 9.17) is 9.47 Å². The number of ether oxygens (including phenoxy) is 2. The molecule has 0 N–H and O–H groups in total. The molecule has 4 heterocycles. The Kier molecular flexibility index (Phi) is 5.66. The van der Waals surface area contributed by atoms with Crippen LogP contribution in [0.4, 0.5) is 0 Å². The zero-order valence-electron chi connectivity index (χ0n) is 17.3. The Bertz CT molecular complexity index is 1250. The number of piperazine rings is 1. The fourth-order valence-electron chi connectivity index (χ4n) is 3.71. The molecule has 5 rings (SSSR count). The number of carbonyl (C=O) groups is 1. The third kappa shape index (κ3) is 3.90. The number of aromatic nitrogens is 1. The third-order valence-electron chi connectivity index (χ3n) is 5.40. The molecule has 32 heavy (non-hydrogen) atoms. The quantitative estimate of drug-likeness (QED) is 0.557. The minimum Gasteiger partial charge on any atom is -0.486 e. The number of rotatable bonds is 4. The normalized spacial score (nSPS) is 16.8. The zero-order valence-corrected chi connectivity index (χ0v) is 19.8. The molecule has 1 amide bonds. The van der Waals surface area contributed by atoms with Crippen molar-refractivity contribution in [3.05, 3.63) is 46.3 Å². The van der Waals surface area contributed by atoms with E-state index in [1.54, 1.807) is 22.3 Å². The van der Waals surface area contributed by atoms with Gasteiger partial charge in [0.05, 0.1) is 15.5 Å². The van der Waals surface area contributed by atoms with Gasteiger partial charge in [-0.15, -0.1) is 22.7 Å². The van der Waals surface area contributed by atoms with Crippen LogP contribution in [0.1, 0.15) is 15.4 Å². The van der Waals surface area contributed by atoms with Crippen LogP contribution in [0.3, 0.4) is 0 Å². The molecular weight excluding hydrogens is 470 g/mol. The van der Waals surface area contributed by atoms with Crippen LogP contribution < -0.4 is 9.47 Å². The predicted octanol–water partition coefficient (Wildman–Crippen LogP) is 3.10. The van der Waals surface area contributed by atoms with Crippen molar-refractivity contribution in [2.45, 2.75) is 11.8 Å². The van der Waals surface area contributed by atoms with Crippen LogP contribution in [-0.4, -0.2) is 67.9 Å². The molecular formula is C21H21N3O5S3. The van der Waals surface area contributed by atoms with Gasteiger partial charge in [0.1, 0.15) is 23.1 Å². The highest BCUT2D eigenvalue weighted by molar-refractivity contribution is 7.89. The summed E-state index contributed by atoms with van der Waals surface area (Å²) in [4.78, 5) is 21.2. The van der Waals surface area contributed by atoms with Crippen LogP contribution in [0.25, 0.3) is 9.88 Å². The molecule has 0 saturated carbocycles. The Balaban J connectivity index is 1.28. The summed E-state index contributed by atoms with van der Waals surface area (Å²) in [5.74, 6) is 0.889. The van der Waals surface area contributed by atoms with E-state index in [2.05, 4.69) is 4.98 Å². The van der Waals surface area contributed by atoms with Crippen molar-refractivity contribution in [3.8, 4) is 21.4 Å². The number of hydrogen-bond acceptors (Lipinski definition) is 8. The summed E-state index contributed by atoms with van der Waals surface area (Å²) in [6, 6.07) is 8.61. The number of thiazole rings is 1. The van der Waals surface area contributed by atoms with Gasteiger partial charge in [0.25, 0.3) is 5.91 Å². The van der Waals surface area contributed by atoms with Gasteiger partial charge in [0.15, 0.2) is 11.5 Å². The Hall–Kier alpha value is -2.47. The molecule has 0 aliphatic carbocycles. The lowest BCUT2D eigenvalue weighted by Gasteiger charge is -2.34. The van der Waals surface area contributed by atoms with E-state index >= 15 is 0 Å². The van der Waals surface area contributed by atoms with Crippen molar-refractivity contribution in [2.24, 2.45) is 0 Å². The lowest BCUT2D eigenvalue weighted by molar-refractivity contribution is 0.0702. The average Bonchev–Trinajstić information content (AvgIpc) is 3.48. The molecule has 3 aromatic rings. The SMILES string of the molecule is Cc1nc(-c2cccs2)sc1C(=O)N1CCN(S(=O)(=O)c2ccc3c(c2)OCCO3)CC1. The van der Waals surface area contributed by atoms with E-state index in [9.17, 15) is 13.2 Å². The molecule has 2 aliphatic rings. The van der Waals surface area contributed by atoms with Crippen molar-refractivity contribution in [1.29, 1.82) is 0 Å². The van der Waals surface area contributed by atoms with Crippen LogP contribution in [0, 0.1) is 6.92 Å². The van der Waals surface area contributed by atoms with Gasteiger partial charge in [-0.25, -0.2) is 13.4 Å². The van der Waals surface area contributed by atoms with Crippen LogP contribution in [0.2, 0.25) is 0 Å². The Morgan fingerprint density at radius 2 is 1.81 bits per heavy atom. The predicted molar refractivity (Wildman–Crippen MR) is 122 cm³/mol. The zero-order chi connectivity index (χ0) is 22.3. The molecule has 1 aromatic carbocycles. The topological polar surface area (TPSA) is 89.0 Å². The van der Waals surface area contributed by atoms with Gasteiger partial charge in [-0.1, -0.05) is 6.07 Å². The minimum atomic E-state index is -3.69. The molecule has 2 aromatic heterocycles. The Labute approximate surface area is 194 Å². The largest absolute Gasteiger partial charge is 0.486 e. The average molecular weight is 492 g/mol. The summed E-state index contributed by atoms with van der Waals surface area (Å²) in [6.45, 7) is 3.80. The highest BCUT2D eigenvalue weighted by Gasteiger charge is 2.32. The standard InChI is InChI=1S/C21H21N3O5S3/c1-14-19(31-20(22-14)18-3-2-12-30-18)21(25)23-6-8-24(9-7-23)32(26,27)15-4-5-16-17(13-15)29-11-10-28-16/h2-5,12-13H,6-11H2,1H3. The van der Waals surface area contributed by atoms with E-state index < -0.39 is 10.0 Å². The summed E-state index contributed by atoms with van der Waals surface area (Å²) in [6.07, 6.45) is 0. The minimum absolute atomic E-state index is 0.0980. The second kappa shape index (κ2) is 8.47. The van der Waals surface area contributed by atoms with Gasteiger partial charge in [-0.3, -0.25) is 4.79 Å². The molecule has 168 valence electrons. The second-order valence-electron chi connectivity index (χ2n) is 7.41. The molecule has 11 heteroatoms. The monoisotopic (exact) mass is 491 g/mol. The lowest BCUT2D eigenvalue weighted by atomic mass is 10.3. The fraction of sp³-hybridized carbons (Fsp3) is 0.333. The van der Waals surface area contributed by atoms with Crippen molar-refractivity contribution in [2.75, 3.05) is 39.4 Å². The number of nitrogens with zero attached hydrogens (tertiary/aromatic N) is 3. The highest BCUT2D eigenvalue weighted by Crippen LogP contribution is 2.34. The smallest absolute Gasteiger partial charge is 0.265 e. The van der Waals surface area contributed by atoms with Crippen molar-refractivity contribution >= 4 is 38.6 Å².